The summed E-state index contributed by atoms with van der Waals surface area (Å²) in [4.78, 5) is 26.2. The van der Waals surface area contributed by atoms with E-state index in [1.807, 2.05) is 60.7 Å². The minimum absolute atomic E-state index is 0.127. The molecule has 3 rings (SSSR count). The van der Waals surface area contributed by atoms with E-state index in [-0.39, 0.29) is 18.3 Å². The first kappa shape index (κ1) is 22.1. The number of carbonyl (C=O) groups is 2. The summed E-state index contributed by atoms with van der Waals surface area (Å²) in [5, 5.41) is 0. The van der Waals surface area contributed by atoms with Crippen molar-refractivity contribution in [2.45, 2.75) is 26.4 Å². The zero-order valence-corrected chi connectivity index (χ0v) is 18.3. The lowest BCUT2D eigenvalue weighted by molar-refractivity contribution is -0.143. The van der Waals surface area contributed by atoms with Gasteiger partial charge in [-0.25, -0.2) is 0 Å². The predicted molar refractivity (Wildman–Crippen MR) is 123 cm³/mol. The van der Waals surface area contributed by atoms with Crippen molar-refractivity contribution in [3.63, 3.8) is 0 Å². The van der Waals surface area contributed by atoms with Gasteiger partial charge in [-0.05, 0) is 42.7 Å². The summed E-state index contributed by atoms with van der Waals surface area (Å²) in [6.07, 6.45) is 2.62. The Morgan fingerprint density at radius 2 is 1.87 bits per heavy atom. The predicted octanol–water partition coefficient (Wildman–Crippen LogP) is 4.81. The van der Waals surface area contributed by atoms with Crippen molar-refractivity contribution in [2.75, 3.05) is 13.2 Å². The highest BCUT2D eigenvalue weighted by Gasteiger charge is 2.31. The van der Waals surface area contributed by atoms with Crippen LogP contribution < -0.4 is 4.74 Å². The molecule has 7 heteroatoms. The third kappa shape index (κ3) is 6.18. The minimum Gasteiger partial charge on any atom is -0.489 e. The second-order valence-electron chi connectivity index (χ2n) is 6.59. The van der Waals surface area contributed by atoms with Crippen LogP contribution in [-0.4, -0.2) is 34.2 Å². The van der Waals surface area contributed by atoms with E-state index in [4.69, 9.17) is 21.7 Å². The molecule has 0 atom stereocenters. The van der Waals surface area contributed by atoms with Crippen LogP contribution in [0.1, 0.15) is 30.9 Å². The van der Waals surface area contributed by atoms with Crippen LogP contribution in [0.25, 0.3) is 6.08 Å². The average Bonchev–Trinajstić information content (AvgIpc) is 3.01. The Morgan fingerprint density at radius 3 is 2.57 bits per heavy atom. The first-order valence-corrected chi connectivity index (χ1v) is 11.0. The van der Waals surface area contributed by atoms with E-state index < -0.39 is 0 Å². The second-order valence-corrected chi connectivity index (χ2v) is 8.26. The minimum atomic E-state index is -0.256. The number of thioether (sulfide) groups is 1. The average molecular weight is 442 g/mol. The number of nitrogens with zero attached hydrogens (tertiary/aromatic N) is 1. The topological polar surface area (TPSA) is 55.8 Å². The lowest BCUT2D eigenvalue weighted by Crippen LogP contribution is -2.29. The van der Waals surface area contributed by atoms with Crippen molar-refractivity contribution in [3.05, 3.63) is 70.6 Å². The number of esters is 1. The van der Waals surface area contributed by atoms with Gasteiger partial charge in [-0.2, -0.15) is 0 Å². The lowest BCUT2D eigenvalue weighted by atomic mass is 10.2. The van der Waals surface area contributed by atoms with Crippen molar-refractivity contribution in [1.82, 2.24) is 4.90 Å². The molecule has 1 amide bonds. The maximum Gasteiger partial charge on any atom is 0.305 e. The molecule has 1 heterocycles. The standard InChI is InChI=1S/C23H23NO4S2/c1-2-27-21(25)9-6-14-24-22(26)20(30-23(24)29)15-17-10-12-19(13-11-17)28-16-18-7-4-3-5-8-18/h3-5,7-8,10-13,15H,2,6,9,14,16H2,1H3/b20-15-. The van der Waals surface area contributed by atoms with Crippen LogP contribution in [0.3, 0.4) is 0 Å². The van der Waals surface area contributed by atoms with Gasteiger partial charge < -0.3 is 9.47 Å². The first-order chi connectivity index (χ1) is 14.6. The van der Waals surface area contributed by atoms with Crippen molar-refractivity contribution in [1.29, 1.82) is 0 Å². The van der Waals surface area contributed by atoms with E-state index in [2.05, 4.69) is 0 Å². The van der Waals surface area contributed by atoms with Gasteiger partial charge in [0.05, 0.1) is 11.5 Å². The maximum atomic E-state index is 12.7. The van der Waals surface area contributed by atoms with Crippen LogP contribution in [0.2, 0.25) is 0 Å². The Balaban J connectivity index is 1.55. The fourth-order valence-corrected chi connectivity index (χ4v) is 4.17. The van der Waals surface area contributed by atoms with E-state index in [0.717, 1.165) is 16.9 Å². The molecule has 0 aliphatic carbocycles. The van der Waals surface area contributed by atoms with Crippen LogP contribution in [0, 0.1) is 0 Å². The van der Waals surface area contributed by atoms with E-state index in [1.165, 1.54) is 11.8 Å². The molecule has 1 aliphatic rings. The monoisotopic (exact) mass is 441 g/mol. The number of hydrogen-bond acceptors (Lipinski definition) is 6. The molecular formula is C23H23NO4S2. The Labute approximate surface area is 186 Å². The van der Waals surface area contributed by atoms with E-state index >= 15 is 0 Å². The molecule has 1 aliphatic heterocycles. The van der Waals surface area contributed by atoms with Gasteiger partial charge in [0.1, 0.15) is 16.7 Å². The molecule has 0 unspecified atom stereocenters. The van der Waals surface area contributed by atoms with Crippen molar-refractivity contribution >= 4 is 46.3 Å². The van der Waals surface area contributed by atoms with Gasteiger partial charge in [0.15, 0.2) is 0 Å². The van der Waals surface area contributed by atoms with Crippen LogP contribution in [0.4, 0.5) is 0 Å². The largest absolute Gasteiger partial charge is 0.489 e. The number of thiocarbonyl (C=S) groups is 1. The summed E-state index contributed by atoms with van der Waals surface area (Å²) in [7, 11) is 0. The van der Waals surface area contributed by atoms with Crippen LogP contribution in [0.15, 0.2) is 59.5 Å². The van der Waals surface area contributed by atoms with Gasteiger partial charge in [-0.3, -0.25) is 14.5 Å². The summed E-state index contributed by atoms with van der Waals surface area (Å²) in [6.45, 7) is 3.04. The Bertz CT molecular complexity index is 926. The fraction of sp³-hybridized carbons (Fsp3) is 0.261. The van der Waals surface area contributed by atoms with E-state index in [0.29, 0.717) is 35.4 Å². The first-order valence-electron chi connectivity index (χ1n) is 9.74. The summed E-state index contributed by atoms with van der Waals surface area (Å²) in [6, 6.07) is 17.6. The molecule has 5 nitrogen and oxygen atoms in total. The Morgan fingerprint density at radius 1 is 1.13 bits per heavy atom. The van der Waals surface area contributed by atoms with Crippen molar-refractivity contribution in [2.24, 2.45) is 0 Å². The normalized spacial score (nSPS) is 15.0. The van der Waals surface area contributed by atoms with Crippen molar-refractivity contribution < 1.29 is 19.1 Å². The molecule has 2 aromatic carbocycles. The molecule has 0 bridgehead atoms. The van der Waals surface area contributed by atoms with Gasteiger partial charge in [0.25, 0.3) is 5.91 Å². The van der Waals surface area contributed by atoms with Gasteiger partial charge in [0, 0.05) is 13.0 Å². The highest BCUT2D eigenvalue weighted by molar-refractivity contribution is 8.26. The quantitative estimate of drug-likeness (QED) is 0.316. The molecule has 156 valence electrons. The molecule has 2 aromatic rings. The number of rotatable bonds is 9. The van der Waals surface area contributed by atoms with Crippen LogP contribution in [0.5, 0.6) is 5.75 Å². The molecule has 0 aromatic heterocycles. The van der Waals surface area contributed by atoms with Gasteiger partial charge >= 0.3 is 5.97 Å². The molecule has 0 N–H and O–H groups in total. The highest BCUT2D eigenvalue weighted by Crippen LogP contribution is 2.33. The summed E-state index contributed by atoms with van der Waals surface area (Å²) in [5.41, 5.74) is 2.00. The second kappa shape index (κ2) is 10.9. The van der Waals surface area contributed by atoms with Gasteiger partial charge in [-0.1, -0.05) is 66.4 Å². The molecule has 0 saturated carbocycles. The Hall–Kier alpha value is -2.64. The van der Waals surface area contributed by atoms with Gasteiger partial charge in [0.2, 0.25) is 0 Å². The van der Waals surface area contributed by atoms with E-state index in [9.17, 15) is 9.59 Å². The molecule has 0 radical (unpaired) electrons. The molecule has 1 saturated heterocycles. The summed E-state index contributed by atoms with van der Waals surface area (Å²) >= 11 is 6.61. The number of carbonyl (C=O) groups excluding carboxylic acids is 2. The van der Waals surface area contributed by atoms with E-state index in [1.54, 1.807) is 11.8 Å². The fourth-order valence-electron chi connectivity index (χ4n) is 2.86. The number of hydrogen-bond donors (Lipinski definition) is 0. The number of amides is 1. The van der Waals surface area contributed by atoms with Crippen LogP contribution in [-0.2, 0) is 20.9 Å². The molecule has 30 heavy (non-hydrogen) atoms. The highest BCUT2D eigenvalue weighted by atomic mass is 32.2. The molecular weight excluding hydrogens is 418 g/mol. The SMILES string of the molecule is CCOC(=O)CCCN1C(=O)/C(=C/c2ccc(OCc3ccccc3)cc2)SC1=S. The maximum absolute atomic E-state index is 12.7. The zero-order chi connectivity index (χ0) is 21.3. The third-order valence-corrected chi connectivity index (χ3v) is 5.75. The zero-order valence-electron chi connectivity index (χ0n) is 16.7. The third-order valence-electron chi connectivity index (χ3n) is 4.37. The Kier molecular flexibility index (Phi) is 8.04. The van der Waals surface area contributed by atoms with Crippen molar-refractivity contribution in [3.8, 4) is 5.75 Å². The molecule has 0 spiro atoms. The number of ether oxygens (including phenoxy) is 2. The molecule has 1 fully saturated rings. The van der Waals surface area contributed by atoms with Gasteiger partial charge in [-0.15, -0.1) is 0 Å². The van der Waals surface area contributed by atoms with Crippen LogP contribution >= 0.6 is 24.0 Å². The lowest BCUT2D eigenvalue weighted by Gasteiger charge is -2.13. The number of benzene rings is 2. The summed E-state index contributed by atoms with van der Waals surface area (Å²) in [5.74, 6) is 0.383. The smallest absolute Gasteiger partial charge is 0.305 e. The summed E-state index contributed by atoms with van der Waals surface area (Å²) < 4.78 is 11.2.